The third kappa shape index (κ3) is 6.91. The molecule has 9 heteroatoms. The lowest BCUT2D eigenvalue weighted by Gasteiger charge is -2.35. The maximum atomic E-state index is 12.7. The molecule has 9 nitrogen and oxygen atoms in total. The second kappa shape index (κ2) is 13.0. The van der Waals surface area contributed by atoms with Gasteiger partial charge in [-0.25, -0.2) is 14.8 Å². The van der Waals surface area contributed by atoms with Crippen molar-refractivity contribution in [3.8, 4) is 5.75 Å². The molecule has 2 aliphatic heterocycles. The van der Waals surface area contributed by atoms with Gasteiger partial charge in [0.2, 0.25) is 6.79 Å². The van der Waals surface area contributed by atoms with Gasteiger partial charge < -0.3 is 29.1 Å². The third-order valence-corrected chi connectivity index (χ3v) is 6.71. The molecule has 2 aromatic carbocycles. The van der Waals surface area contributed by atoms with Crippen LogP contribution in [0.3, 0.4) is 0 Å². The number of rotatable bonds is 5. The molecule has 0 aromatic heterocycles. The maximum Gasteiger partial charge on any atom is 0.410 e. The minimum Gasteiger partial charge on any atom is -0.507 e. The van der Waals surface area contributed by atoms with Gasteiger partial charge in [-0.3, -0.25) is 0 Å². The van der Waals surface area contributed by atoms with E-state index < -0.39 is 0 Å². The van der Waals surface area contributed by atoms with Crippen molar-refractivity contribution in [2.45, 2.75) is 27.7 Å². The number of hydrogen-bond donors (Lipinski definition) is 1. The van der Waals surface area contributed by atoms with Crippen LogP contribution in [0.2, 0.25) is 0 Å². The lowest BCUT2D eigenvalue weighted by Crippen LogP contribution is -2.50. The van der Waals surface area contributed by atoms with Crippen molar-refractivity contribution in [1.29, 1.82) is 0 Å². The summed E-state index contributed by atoms with van der Waals surface area (Å²) in [6, 6.07) is 13.1. The number of amides is 1. The zero-order chi connectivity index (χ0) is 28.6. The second-order valence-corrected chi connectivity index (χ2v) is 9.71. The van der Waals surface area contributed by atoms with Gasteiger partial charge in [0.05, 0.1) is 11.3 Å². The SMILES string of the molecule is C=C/C=C1/OCO/C1=C(/C)COC(=O)N1CCN(C(C)=NC(=Nc2cc(C)ccc2C)c2ccccc2O)CC1. The van der Waals surface area contributed by atoms with Crippen LogP contribution in [-0.4, -0.2) is 72.2 Å². The van der Waals surface area contributed by atoms with Crippen molar-refractivity contribution in [3.05, 3.63) is 95.0 Å². The van der Waals surface area contributed by atoms with Crippen LogP contribution in [0.15, 0.2) is 88.3 Å². The highest BCUT2D eigenvalue weighted by molar-refractivity contribution is 6.08. The number of aromatic hydroxyl groups is 1. The lowest BCUT2D eigenvalue weighted by atomic mass is 10.1. The van der Waals surface area contributed by atoms with E-state index in [2.05, 4.69) is 11.5 Å². The number of carbonyl (C=O) groups excluding carboxylic acids is 1. The molecular weight excluding hydrogens is 508 g/mol. The summed E-state index contributed by atoms with van der Waals surface area (Å²) in [4.78, 5) is 26.2. The fourth-order valence-electron chi connectivity index (χ4n) is 4.38. The Bertz CT molecular complexity index is 1380. The molecule has 2 saturated heterocycles. The van der Waals surface area contributed by atoms with Gasteiger partial charge in [0.25, 0.3) is 0 Å². The number of piperazine rings is 1. The number of hydrogen-bond acceptors (Lipinski definition) is 6. The predicted molar refractivity (Wildman–Crippen MR) is 156 cm³/mol. The second-order valence-electron chi connectivity index (χ2n) is 9.71. The van der Waals surface area contributed by atoms with Gasteiger partial charge >= 0.3 is 6.09 Å². The molecule has 1 N–H and O–H groups in total. The number of benzene rings is 2. The summed E-state index contributed by atoms with van der Waals surface area (Å²) in [5, 5.41) is 10.6. The molecule has 0 bridgehead atoms. The molecule has 2 aliphatic rings. The molecule has 0 radical (unpaired) electrons. The molecule has 4 rings (SSSR count). The minimum atomic E-state index is -0.381. The third-order valence-electron chi connectivity index (χ3n) is 6.71. The highest BCUT2D eigenvalue weighted by atomic mass is 16.7. The predicted octanol–water partition coefficient (Wildman–Crippen LogP) is 5.61. The summed E-state index contributed by atoms with van der Waals surface area (Å²) in [7, 11) is 0. The van der Waals surface area contributed by atoms with Crippen LogP contribution in [0, 0.1) is 13.8 Å². The van der Waals surface area contributed by atoms with Gasteiger partial charge in [0.15, 0.2) is 17.4 Å². The Morgan fingerprint density at radius 1 is 1.07 bits per heavy atom. The lowest BCUT2D eigenvalue weighted by molar-refractivity contribution is 0.0889. The van der Waals surface area contributed by atoms with Crippen LogP contribution in [0.4, 0.5) is 10.5 Å². The van der Waals surface area contributed by atoms with E-state index in [1.54, 1.807) is 35.3 Å². The van der Waals surface area contributed by atoms with Crippen molar-refractivity contribution < 1.29 is 24.1 Å². The Morgan fingerprint density at radius 3 is 2.52 bits per heavy atom. The number of phenolic OH excluding ortho intramolecular Hbond substituents is 1. The summed E-state index contributed by atoms with van der Waals surface area (Å²) < 4.78 is 16.5. The van der Waals surface area contributed by atoms with E-state index in [9.17, 15) is 9.90 Å². The van der Waals surface area contributed by atoms with E-state index in [4.69, 9.17) is 24.2 Å². The summed E-state index contributed by atoms with van der Waals surface area (Å²) in [6.07, 6.45) is 2.96. The molecule has 210 valence electrons. The molecule has 2 fully saturated rings. The van der Waals surface area contributed by atoms with Crippen molar-refractivity contribution >= 4 is 23.5 Å². The van der Waals surface area contributed by atoms with Crippen molar-refractivity contribution in [2.75, 3.05) is 39.6 Å². The Kier molecular flexibility index (Phi) is 9.27. The molecule has 0 unspecified atom stereocenters. The first-order chi connectivity index (χ1) is 19.3. The quantitative estimate of drug-likeness (QED) is 0.388. The standard InChI is InChI=1S/C31H36N4O5/c1-6-9-28-29(40-20-39-28)23(4)19-38-31(37)35-16-14-34(15-17-35)24(5)32-30(25-10-7-8-11-27(25)36)33-26-18-21(2)12-13-22(26)3/h6-13,18,36H,1,14-17,19-20H2,2-5H3/b28-9+,29-23-,32-24?,33-30?. The molecular formula is C31H36N4O5. The zero-order valence-corrected chi connectivity index (χ0v) is 23.5. The molecule has 0 aliphatic carbocycles. The first-order valence-electron chi connectivity index (χ1n) is 13.2. The average Bonchev–Trinajstić information content (AvgIpc) is 3.42. The van der Waals surface area contributed by atoms with E-state index in [1.807, 2.05) is 52.0 Å². The molecule has 0 saturated carbocycles. The number of aliphatic imine (C=N–C) groups is 2. The van der Waals surface area contributed by atoms with Gasteiger partial charge in [0.1, 0.15) is 18.2 Å². The number of nitrogens with zero attached hydrogens (tertiary/aromatic N) is 4. The van der Waals surface area contributed by atoms with Crippen LogP contribution in [0.1, 0.15) is 30.5 Å². The topological polar surface area (TPSA) is 96.2 Å². The molecule has 0 spiro atoms. The van der Waals surface area contributed by atoms with E-state index in [0.29, 0.717) is 49.1 Å². The van der Waals surface area contributed by atoms with Gasteiger partial charge in [0, 0.05) is 31.8 Å². The van der Waals surface area contributed by atoms with Crippen LogP contribution in [0.25, 0.3) is 0 Å². The Hall–Kier alpha value is -4.53. The Balaban J connectivity index is 1.43. The van der Waals surface area contributed by atoms with Gasteiger partial charge in [-0.2, -0.15) is 0 Å². The maximum absolute atomic E-state index is 12.7. The molecule has 40 heavy (non-hydrogen) atoms. The number of amidine groups is 2. The van der Waals surface area contributed by atoms with Gasteiger partial charge in [-0.1, -0.05) is 36.9 Å². The van der Waals surface area contributed by atoms with Crippen molar-refractivity contribution in [2.24, 2.45) is 9.98 Å². The number of allylic oxidation sites excluding steroid dienone is 2. The van der Waals surface area contributed by atoms with Crippen molar-refractivity contribution in [1.82, 2.24) is 9.80 Å². The minimum absolute atomic E-state index is 0.103. The fraction of sp³-hybridized carbons (Fsp3) is 0.323. The van der Waals surface area contributed by atoms with Crippen LogP contribution in [0.5, 0.6) is 5.75 Å². The number of para-hydroxylation sites is 1. The molecule has 0 atom stereocenters. The summed E-state index contributed by atoms with van der Waals surface area (Å²) in [6.45, 7) is 13.8. The van der Waals surface area contributed by atoms with Crippen molar-refractivity contribution in [3.63, 3.8) is 0 Å². The average molecular weight is 545 g/mol. The number of aryl methyl sites for hydroxylation is 2. The molecule has 2 aromatic rings. The summed E-state index contributed by atoms with van der Waals surface area (Å²) >= 11 is 0. The number of phenols is 1. The Morgan fingerprint density at radius 2 is 1.80 bits per heavy atom. The van der Waals surface area contributed by atoms with E-state index in [1.165, 1.54) is 0 Å². The Labute approximate surface area is 235 Å². The summed E-state index contributed by atoms with van der Waals surface area (Å²) in [5.74, 6) is 2.45. The highest BCUT2D eigenvalue weighted by Crippen LogP contribution is 2.26. The van der Waals surface area contributed by atoms with E-state index in [0.717, 1.165) is 28.2 Å². The van der Waals surface area contributed by atoms with Gasteiger partial charge in [-0.05, 0) is 63.1 Å². The molecule has 1 amide bonds. The van der Waals surface area contributed by atoms with E-state index in [-0.39, 0.29) is 25.2 Å². The summed E-state index contributed by atoms with van der Waals surface area (Å²) in [5.41, 5.74) is 4.23. The highest BCUT2D eigenvalue weighted by Gasteiger charge is 2.25. The first-order valence-corrected chi connectivity index (χ1v) is 13.2. The zero-order valence-electron chi connectivity index (χ0n) is 23.5. The number of carbonyl (C=O) groups is 1. The molecule has 2 heterocycles. The normalized spacial score (nSPS) is 18.4. The smallest absolute Gasteiger partial charge is 0.410 e. The van der Waals surface area contributed by atoms with Gasteiger partial charge in [-0.15, -0.1) is 0 Å². The van der Waals surface area contributed by atoms with Crippen LogP contribution < -0.4 is 0 Å². The van der Waals surface area contributed by atoms with Crippen LogP contribution >= 0.6 is 0 Å². The monoisotopic (exact) mass is 544 g/mol. The van der Waals surface area contributed by atoms with Crippen LogP contribution in [-0.2, 0) is 14.2 Å². The largest absolute Gasteiger partial charge is 0.507 e. The fourth-order valence-corrected chi connectivity index (χ4v) is 4.38. The van der Waals surface area contributed by atoms with E-state index >= 15 is 0 Å². The number of ether oxygens (including phenoxy) is 3. The first kappa shape index (κ1) is 28.5.